The Morgan fingerprint density at radius 3 is 2.73 bits per heavy atom. The van der Waals surface area contributed by atoms with Gasteiger partial charge in [0, 0.05) is 11.8 Å². The van der Waals surface area contributed by atoms with Crippen LogP contribution in [-0.2, 0) is 5.33 Å². The summed E-state index contributed by atoms with van der Waals surface area (Å²) in [4.78, 5) is 8.79. The molecule has 3 nitrogen and oxygen atoms in total. The number of aromatic nitrogens is 2. The van der Waals surface area contributed by atoms with E-state index in [4.69, 9.17) is 4.42 Å². The van der Waals surface area contributed by atoms with E-state index in [1.165, 1.54) is 24.8 Å². The molecular weight excluding hydrogens is 367 g/mol. The number of alkyl halides is 1. The number of rotatable bonds is 5. The van der Waals surface area contributed by atoms with Gasteiger partial charge >= 0.3 is 0 Å². The molecule has 2 aromatic heterocycles. The quantitative estimate of drug-likeness (QED) is 0.490. The molecule has 0 unspecified atom stereocenters. The molecule has 0 atom stereocenters. The second-order valence-corrected chi connectivity index (χ2v) is 6.32. The SMILES string of the molecule is C/C(F)=C\C=C(/C)c1nc(CBr)c(Sc2ccc(C)cn2)o1. The van der Waals surface area contributed by atoms with Crippen LogP contribution in [-0.4, -0.2) is 9.97 Å². The third-order valence-corrected chi connectivity index (χ3v) is 4.26. The van der Waals surface area contributed by atoms with Crippen LogP contribution in [0.3, 0.4) is 0 Å². The van der Waals surface area contributed by atoms with Crippen LogP contribution in [0.2, 0.25) is 0 Å². The molecule has 0 spiro atoms. The molecule has 2 heterocycles. The monoisotopic (exact) mass is 382 g/mol. The Labute approximate surface area is 141 Å². The van der Waals surface area contributed by atoms with Gasteiger partial charge < -0.3 is 4.42 Å². The Morgan fingerprint density at radius 1 is 1.36 bits per heavy atom. The summed E-state index contributed by atoms with van der Waals surface area (Å²) in [5.74, 6) is 0.228. The van der Waals surface area contributed by atoms with Crippen LogP contribution >= 0.6 is 27.7 Å². The highest BCUT2D eigenvalue weighted by Crippen LogP contribution is 2.32. The van der Waals surface area contributed by atoms with Gasteiger partial charge in [0.2, 0.25) is 5.89 Å². The molecule has 0 bridgehead atoms. The van der Waals surface area contributed by atoms with Crippen LogP contribution in [0.1, 0.15) is 31.0 Å². The van der Waals surface area contributed by atoms with Crippen molar-refractivity contribution in [1.82, 2.24) is 9.97 Å². The maximum atomic E-state index is 12.8. The number of allylic oxidation sites excluding steroid dienone is 4. The number of oxazole rings is 1. The standard InChI is InChI=1S/C16H16BrFN2OS/c1-10-4-7-14(19-9-10)22-16-13(8-17)20-15(21-16)11(2)5-6-12(3)18/h4-7,9H,8H2,1-3H3/b11-5+,12-6+. The van der Waals surface area contributed by atoms with Crippen LogP contribution in [0, 0.1) is 6.92 Å². The van der Waals surface area contributed by atoms with Crippen LogP contribution in [0.5, 0.6) is 0 Å². The van der Waals surface area contributed by atoms with E-state index in [0.717, 1.165) is 21.9 Å². The first-order chi connectivity index (χ1) is 10.5. The molecule has 0 N–H and O–H groups in total. The number of nitrogens with zero attached hydrogens (tertiary/aromatic N) is 2. The summed E-state index contributed by atoms with van der Waals surface area (Å²) >= 11 is 4.83. The highest BCUT2D eigenvalue weighted by Gasteiger charge is 2.15. The normalized spacial score (nSPS) is 12.8. The lowest BCUT2D eigenvalue weighted by molar-refractivity contribution is 0.454. The van der Waals surface area contributed by atoms with Gasteiger partial charge in [0.1, 0.15) is 10.7 Å². The highest BCUT2D eigenvalue weighted by atomic mass is 79.9. The molecule has 22 heavy (non-hydrogen) atoms. The van der Waals surface area contributed by atoms with Gasteiger partial charge in [0.15, 0.2) is 5.09 Å². The molecule has 0 radical (unpaired) electrons. The van der Waals surface area contributed by atoms with Gasteiger partial charge in [-0.2, -0.15) is 0 Å². The summed E-state index contributed by atoms with van der Waals surface area (Å²) in [5.41, 5.74) is 2.68. The number of halogens is 2. The Bertz CT molecular complexity index is 703. The molecule has 2 aromatic rings. The van der Waals surface area contributed by atoms with Crippen molar-refractivity contribution < 1.29 is 8.81 Å². The molecule has 0 amide bonds. The van der Waals surface area contributed by atoms with Crippen molar-refractivity contribution in [2.45, 2.75) is 36.2 Å². The lowest BCUT2D eigenvalue weighted by Crippen LogP contribution is -1.83. The zero-order valence-electron chi connectivity index (χ0n) is 12.6. The van der Waals surface area contributed by atoms with Gasteiger partial charge in [-0.05, 0) is 50.2 Å². The minimum absolute atomic E-state index is 0.259. The van der Waals surface area contributed by atoms with Crippen molar-refractivity contribution >= 4 is 33.3 Å². The number of pyridine rings is 1. The van der Waals surface area contributed by atoms with Crippen LogP contribution in [0.15, 0.2) is 50.8 Å². The van der Waals surface area contributed by atoms with Gasteiger partial charge in [-0.15, -0.1) is 0 Å². The summed E-state index contributed by atoms with van der Waals surface area (Å²) in [6.07, 6.45) is 4.85. The van der Waals surface area contributed by atoms with E-state index < -0.39 is 0 Å². The molecule has 0 aromatic carbocycles. The Kier molecular flexibility index (Phi) is 5.97. The van der Waals surface area contributed by atoms with Crippen molar-refractivity contribution in [3.05, 3.63) is 53.5 Å². The predicted octanol–water partition coefficient (Wildman–Crippen LogP) is 5.70. The van der Waals surface area contributed by atoms with Crippen molar-refractivity contribution in [2.75, 3.05) is 0 Å². The zero-order chi connectivity index (χ0) is 16.1. The molecule has 0 aliphatic heterocycles. The summed E-state index contributed by atoms with van der Waals surface area (Å²) in [6.45, 7) is 5.22. The van der Waals surface area contributed by atoms with Gasteiger partial charge in [-0.3, -0.25) is 0 Å². The lowest BCUT2D eigenvalue weighted by Gasteiger charge is -1.99. The molecule has 0 aliphatic carbocycles. The third-order valence-electron chi connectivity index (χ3n) is 2.77. The van der Waals surface area contributed by atoms with Gasteiger partial charge in [-0.25, -0.2) is 14.4 Å². The fraction of sp³-hybridized carbons (Fsp3) is 0.250. The first-order valence-corrected chi connectivity index (χ1v) is 8.60. The topological polar surface area (TPSA) is 38.9 Å². The van der Waals surface area contributed by atoms with E-state index in [-0.39, 0.29) is 5.83 Å². The van der Waals surface area contributed by atoms with Crippen molar-refractivity contribution in [1.29, 1.82) is 0 Å². The van der Waals surface area contributed by atoms with Crippen molar-refractivity contribution in [3.63, 3.8) is 0 Å². The lowest BCUT2D eigenvalue weighted by atomic mass is 10.2. The largest absolute Gasteiger partial charge is 0.430 e. The van der Waals surface area contributed by atoms with E-state index >= 15 is 0 Å². The molecule has 0 aliphatic rings. The van der Waals surface area contributed by atoms with E-state index in [1.54, 1.807) is 6.08 Å². The molecule has 0 saturated carbocycles. The first kappa shape index (κ1) is 17.0. The summed E-state index contributed by atoms with van der Waals surface area (Å²) in [5, 5.41) is 2.12. The van der Waals surface area contributed by atoms with Crippen LogP contribution < -0.4 is 0 Å². The maximum Gasteiger partial charge on any atom is 0.223 e. The van der Waals surface area contributed by atoms with E-state index in [9.17, 15) is 4.39 Å². The third kappa shape index (κ3) is 4.55. The minimum atomic E-state index is -0.259. The summed E-state index contributed by atoms with van der Waals surface area (Å²) < 4.78 is 18.6. The van der Waals surface area contributed by atoms with Crippen LogP contribution in [0.25, 0.3) is 5.57 Å². The first-order valence-electron chi connectivity index (χ1n) is 6.67. The van der Waals surface area contributed by atoms with Gasteiger partial charge in [-0.1, -0.05) is 28.1 Å². The molecular formula is C16H16BrFN2OS. The van der Waals surface area contributed by atoms with Gasteiger partial charge in [0.25, 0.3) is 0 Å². The average molecular weight is 383 g/mol. The second kappa shape index (κ2) is 7.74. The van der Waals surface area contributed by atoms with E-state index in [0.29, 0.717) is 16.3 Å². The molecule has 116 valence electrons. The van der Waals surface area contributed by atoms with E-state index in [2.05, 4.69) is 25.9 Å². The molecule has 2 rings (SSSR count). The highest BCUT2D eigenvalue weighted by molar-refractivity contribution is 9.08. The Hall–Kier alpha value is -1.40. The smallest absolute Gasteiger partial charge is 0.223 e. The molecule has 0 fully saturated rings. The Balaban J connectivity index is 2.27. The molecule has 6 heteroatoms. The minimum Gasteiger partial charge on any atom is -0.430 e. The van der Waals surface area contributed by atoms with Crippen molar-refractivity contribution in [3.8, 4) is 0 Å². The van der Waals surface area contributed by atoms with Crippen LogP contribution in [0.4, 0.5) is 4.39 Å². The second-order valence-electron chi connectivity index (χ2n) is 4.77. The summed E-state index contributed by atoms with van der Waals surface area (Å²) in [7, 11) is 0. The predicted molar refractivity (Wildman–Crippen MR) is 90.7 cm³/mol. The zero-order valence-corrected chi connectivity index (χ0v) is 15.0. The fourth-order valence-corrected chi connectivity index (χ4v) is 2.94. The fourth-order valence-electron chi connectivity index (χ4n) is 1.59. The Morgan fingerprint density at radius 2 is 2.14 bits per heavy atom. The van der Waals surface area contributed by atoms with Crippen molar-refractivity contribution in [2.24, 2.45) is 0 Å². The average Bonchev–Trinajstić information content (AvgIpc) is 2.90. The van der Waals surface area contributed by atoms with E-state index in [1.807, 2.05) is 32.2 Å². The summed E-state index contributed by atoms with van der Waals surface area (Å²) in [6, 6.07) is 3.94. The number of hydrogen-bond donors (Lipinski definition) is 0. The van der Waals surface area contributed by atoms with Gasteiger partial charge in [0.05, 0.1) is 11.2 Å². The number of aryl methyl sites for hydroxylation is 1. The maximum absolute atomic E-state index is 12.8. The number of hydrogen-bond acceptors (Lipinski definition) is 4. The molecule has 0 saturated heterocycles.